The molecule has 0 heterocycles. The van der Waals surface area contributed by atoms with Gasteiger partial charge in [0.15, 0.2) is 0 Å². The molecule has 0 amide bonds. The second-order valence-corrected chi connectivity index (χ2v) is 16.2. The molecule has 0 unspecified atom stereocenters. The second kappa shape index (κ2) is 18.4. The molecule has 4 heteroatoms. The van der Waals surface area contributed by atoms with Crippen molar-refractivity contribution in [2.45, 2.75) is 105 Å². The van der Waals surface area contributed by atoms with Crippen LogP contribution in [-0.2, 0) is 59.8 Å². The predicted molar refractivity (Wildman–Crippen MR) is 234 cm³/mol. The van der Waals surface area contributed by atoms with E-state index < -0.39 is 0 Å². The molecule has 0 saturated carbocycles. The van der Waals surface area contributed by atoms with Crippen LogP contribution in [0, 0.1) is 28.7 Å². The summed E-state index contributed by atoms with van der Waals surface area (Å²) in [7, 11) is 0. The summed E-state index contributed by atoms with van der Waals surface area (Å²) in [6.45, 7) is 21.1. The van der Waals surface area contributed by atoms with Crippen molar-refractivity contribution in [1.29, 1.82) is 0 Å². The van der Waals surface area contributed by atoms with Gasteiger partial charge < -0.3 is 14.9 Å². The molecule has 52 heavy (non-hydrogen) atoms. The molecule has 0 aliphatic heterocycles. The summed E-state index contributed by atoms with van der Waals surface area (Å²) >= 11 is 1.36. The van der Waals surface area contributed by atoms with E-state index in [1.54, 1.807) is 22.3 Å². The van der Waals surface area contributed by atoms with E-state index in [1.165, 1.54) is 128 Å². The molecule has 6 aromatic carbocycles. The number of aryl methyl sites for hydroxylation is 4. The third kappa shape index (κ3) is 9.34. The zero-order valence-corrected chi connectivity index (χ0v) is 38.2. The van der Waals surface area contributed by atoms with Gasteiger partial charge in [0.2, 0.25) is 0 Å². The van der Waals surface area contributed by atoms with Gasteiger partial charge in [-0.25, -0.2) is 0 Å². The van der Waals surface area contributed by atoms with Gasteiger partial charge in [-0.2, -0.15) is 12.1 Å². The third-order valence-electron chi connectivity index (χ3n) is 10.5. The quantitative estimate of drug-likeness (QED) is 0.121. The first kappa shape index (κ1) is 45.9. The van der Waals surface area contributed by atoms with E-state index in [0.29, 0.717) is 0 Å². The van der Waals surface area contributed by atoms with Crippen molar-refractivity contribution in [3.05, 3.63) is 144 Å². The van der Waals surface area contributed by atoms with Gasteiger partial charge in [-0.15, -0.1) is 81.8 Å². The summed E-state index contributed by atoms with van der Waals surface area (Å²) in [5.74, 6) is 0. The molecule has 0 spiro atoms. The fourth-order valence-electron chi connectivity index (χ4n) is 8.08. The van der Waals surface area contributed by atoms with E-state index in [1.807, 2.05) is 0 Å². The monoisotopic (exact) mass is 822 g/mol. The van der Waals surface area contributed by atoms with Crippen LogP contribution in [0.4, 0.5) is 0 Å². The first-order valence-corrected chi connectivity index (χ1v) is 22.0. The topological polar surface area (TPSA) is 0 Å². The van der Waals surface area contributed by atoms with Crippen molar-refractivity contribution >= 4 is 53.2 Å². The Morgan fingerprint density at radius 2 is 0.846 bits per heavy atom. The first-order valence-electron chi connectivity index (χ1n) is 17.8. The van der Waals surface area contributed by atoms with Gasteiger partial charge in [0.05, 0.1) is 0 Å². The molecule has 8 rings (SSSR count). The molecular formula is C48H58Cl2SiZr-4. The van der Waals surface area contributed by atoms with Crippen LogP contribution in [0.1, 0.15) is 98.9 Å². The van der Waals surface area contributed by atoms with Crippen molar-refractivity contribution in [3.63, 3.8) is 0 Å². The zero-order valence-electron chi connectivity index (χ0n) is 33.1. The molecule has 0 aromatic heterocycles. The van der Waals surface area contributed by atoms with Crippen molar-refractivity contribution in [1.82, 2.24) is 0 Å². The van der Waals surface area contributed by atoms with Crippen LogP contribution < -0.4 is 0 Å². The summed E-state index contributed by atoms with van der Waals surface area (Å²) in [5, 5.41) is 5.70. The van der Waals surface area contributed by atoms with E-state index in [-0.39, 0.29) is 50.5 Å². The van der Waals surface area contributed by atoms with Gasteiger partial charge in [-0.3, -0.25) is 0 Å². The van der Waals surface area contributed by atoms with E-state index in [2.05, 4.69) is 147 Å². The molecule has 2 aliphatic rings. The van der Waals surface area contributed by atoms with Crippen LogP contribution in [0.2, 0.25) is 0 Å². The Kier molecular flexibility index (Phi) is 16.3. The normalized spacial score (nSPS) is 12.8. The van der Waals surface area contributed by atoms with Gasteiger partial charge in [0, 0.05) is 0 Å². The summed E-state index contributed by atoms with van der Waals surface area (Å²) < 4.78 is 0. The van der Waals surface area contributed by atoms with Crippen LogP contribution in [-0.4, -0.2) is 6.88 Å². The molecule has 6 aromatic rings. The Labute approximate surface area is 345 Å². The molecule has 0 atom stereocenters. The number of halogens is 2. The Bertz CT molecular complexity index is 1930. The molecule has 0 bridgehead atoms. The predicted octanol–water partition coefficient (Wildman–Crippen LogP) is 14.0. The van der Waals surface area contributed by atoms with Gasteiger partial charge >= 0.3 is 30.2 Å². The maximum atomic E-state index is 3.06. The average Bonchev–Trinajstić information content (AvgIpc) is 3.85. The number of hydrogen-bond donors (Lipinski definition) is 0. The molecule has 0 fully saturated rings. The minimum absolute atomic E-state index is 0. The number of hydrogen-bond acceptors (Lipinski definition) is 0. The standard InChI is InChI=1S/2C23H25.2CH3.2ClH.Si.Zr/c2*1-15-12-18-14-17-6-5-7-20(17)22(21(18)13-15)16-8-10-19(11-9-16)23(2,3)4;;;;;;/h2*8-14H,5-7H2,1-4H3;2*1H3;2*1H;;/q4*-1;;;;. The molecule has 0 nitrogen and oxygen atoms in total. The fourth-order valence-corrected chi connectivity index (χ4v) is 8.08. The van der Waals surface area contributed by atoms with E-state index in [0.717, 1.165) is 0 Å². The number of fused-ring (bicyclic) bond motifs is 4. The van der Waals surface area contributed by atoms with Crippen molar-refractivity contribution < 1.29 is 23.3 Å². The summed E-state index contributed by atoms with van der Waals surface area (Å²) in [4.78, 5) is 0. The Morgan fingerprint density at radius 3 is 1.15 bits per heavy atom. The summed E-state index contributed by atoms with van der Waals surface area (Å²) in [6.07, 6.45) is 7.53. The van der Waals surface area contributed by atoms with E-state index in [9.17, 15) is 0 Å². The van der Waals surface area contributed by atoms with E-state index in [4.69, 9.17) is 0 Å². The molecule has 0 N–H and O–H groups in total. The Morgan fingerprint density at radius 1 is 0.519 bits per heavy atom. The van der Waals surface area contributed by atoms with Gasteiger partial charge in [-0.05, 0) is 71.6 Å². The molecule has 2 radical (unpaired) electrons. The van der Waals surface area contributed by atoms with Gasteiger partial charge in [0.1, 0.15) is 0 Å². The van der Waals surface area contributed by atoms with Crippen LogP contribution in [0.3, 0.4) is 0 Å². The SMILES string of the molecule is Cc1cc2c(-c3ccc(C(C)(C)C)cc3)c3c(cc2[cH-]1)CCC3.Cc1cc2c(-c3ccc(C(C)(C)C)cc3)c3c(cc2[cH-]1)CCC3.Cl.Cl.[CH3-].[CH3-].[Si]=[Zr]. The Hall–Kier alpha value is -2.22. The molecule has 276 valence electrons. The molecule has 0 saturated heterocycles. The second-order valence-electron chi connectivity index (χ2n) is 16.2. The number of benzene rings is 4. The van der Waals surface area contributed by atoms with Crippen LogP contribution in [0.25, 0.3) is 43.8 Å². The molecule has 2 aliphatic carbocycles. The van der Waals surface area contributed by atoms with Crippen molar-refractivity contribution in [2.24, 2.45) is 0 Å². The van der Waals surface area contributed by atoms with Crippen LogP contribution in [0.5, 0.6) is 0 Å². The average molecular weight is 825 g/mol. The minimum atomic E-state index is 0. The summed E-state index contributed by atoms with van der Waals surface area (Å²) in [5.41, 5.74) is 18.0. The van der Waals surface area contributed by atoms with Gasteiger partial charge in [0.25, 0.3) is 0 Å². The van der Waals surface area contributed by atoms with E-state index >= 15 is 0 Å². The van der Waals surface area contributed by atoms with Crippen LogP contribution in [0.15, 0.2) is 84.9 Å². The Balaban J connectivity index is 0.000000320. The van der Waals surface area contributed by atoms with Crippen LogP contribution >= 0.6 is 24.8 Å². The fraction of sp³-hybridized carbons (Fsp3) is 0.333. The third-order valence-corrected chi connectivity index (χ3v) is 10.5. The first-order chi connectivity index (χ1) is 22.9. The molecular weight excluding hydrogens is 767 g/mol. The zero-order chi connectivity index (χ0) is 34.4. The van der Waals surface area contributed by atoms with Gasteiger partial charge in [-0.1, -0.05) is 137 Å². The van der Waals surface area contributed by atoms with Crippen molar-refractivity contribution in [2.75, 3.05) is 0 Å². The van der Waals surface area contributed by atoms with Crippen molar-refractivity contribution in [3.8, 4) is 22.3 Å². The summed E-state index contributed by atoms with van der Waals surface area (Å²) in [6, 6.07) is 32.8. The number of rotatable bonds is 2. The maximum absolute atomic E-state index is 3.06.